The third-order valence-electron chi connectivity index (χ3n) is 5.12. The van der Waals surface area contributed by atoms with E-state index in [0.29, 0.717) is 42.8 Å². The van der Waals surface area contributed by atoms with E-state index in [1.165, 1.54) is 6.07 Å². The lowest BCUT2D eigenvalue weighted by atomic mass is 10.1. The van der Waals surface area contributed by atoms with Crippen molar-refractivity contribution >= 4 is 15.9 Å². The number of hydrogen-bond donors (Lipinski definition) is 3. The number of piperidine rings is 1. The zero-order chi connectivity index (χ0) is 21.0. The number of benzene rings is 1. The highest BCUT2D eigenvalue weighted by Gasteiger charge is 2.31. The number of rotatable bonds is 6. The highest BCUT2D eigenvalue weighted by atomic mass is 32.2. The molecule has 3 rings (SSSR count). The zero-order valence-corrected chi connectivity index (χ0v) is 17.1. The SMILES string of the molecule is Cc1c(-c2ccccn2)cccc1S(=O)(=O)N[C@@H](CN)C(=O)N1CCC(O)CC1. The molecule has 4 N–H and O–H groups in total. The molecule has 1 aromatic heterocycles. The summed E-state index contributed by atoms with van der Waals surface area (Å²) in [5.74, 6) is -0.374. The van der Waals surface area contributed by atoms with Gasteiger partial charge < -0.3 is 15.7 Å². The van der Waals surface area contributed by atoms with Crippen molar-refractivity contribution in [3.63, 3.8) is 0 Å². The summed E-state index contributed by atoms with van der Waals surface area (Å²) in [5.41, 5.74) is 7.63. The number of amides is 1. The van der Waals surface area contributed by atoms with Gasteiger partial charge in [0, 0.05) is 31.4 Å². The first-order valence-electron chi connectivity index (χ1n) is 9.53. The van der Waals surface area contributed by atoms with Crippen molar-refractivity contribution in [2.24, 2.45) is 5.73 Å². The van der Waals surface area contributed by atoms with Crippen LogP contribution >= 0.6 is 0 Å². The van der Waals surface area contributed by atoms with Crippen LogP contribution in [0.3, 0.4) is 0 Å². The van der Waals surface area contributed by atoms with Gasteiger partial charge in [-0.05, 0) is 43.5 Å². The topological polar surface area (TPSA) is 126 Å². The first-order valence-corrected chi connectivity index (χ1v) is 11.0. The van der Waals surface area contributed by atoms with Crippen LogP contribution < -0.4 is 10.5 Å². The zero-order valence-electron chi connectivity index (χ0n) is 16.3. The van der Waals surface area contributed by atoms with E-state index in [4.69, 9.17) is 5.73 Å². The summed E-state index contributed by atoms with van der Waals surface area (Å²) in [6, 6.07) is 9.33. The van der Waals surface area contributed by atoms with E-state index in [9.17, 15) is 18.3 Å². The summed E-state index contributed by atoms with van der Waals surface area (Å²) < 4.78 is 28.6. The minimum atomic E-state index is -3.98. The summed E-state index contributed by atoms with van der Waals surface area (Å²) in [4.78, 5) is 18.7. The van der Waals surface area contributed by atoms with E-state index in [0.717, 1.165) is 0 Å². The molecule has 29 heavy (non-hydrogen) atoms. The van der Waals surface area contributed by atoms with Crippen molar-refractivity contribution in [3.05, 3.63) is 48.2 Å². The number of pyridine rings is 1. The Kier molecular flexibility index (Phi) is 6.63. The van der Waals surface area contributed by atoms with Crippen molar-refractivity contribution < 1.29 is 18.3 Å². The van der Waals surface area contributed by atoms with Crippen LogP contribution in [0.15, 0.2) is 47.5 Å². The molecule has 1 amide bonds. The molecule has 1 saturated heterocycles. The van der Waals surface area contributed by atoms with Crippen molar-refractivity contribution in [1.29, 1.82) is 0 Å². The molecule has 0 bridgehead atoms. The van der Waals surface area contributed by atoms with Crippen LogP contribution in [0.2, 0.25) is 0 Å². The molecule has 0 saturated carbocycles. The Hall–Kier alpha value is -2.33. The number of nitrogens with one attached hydrogen (secondary N) is 1. The molecule has 0 spiro atoms. The van der Waals surface area contributed by atoms with Crippen LogP contribution in [0.25, 0.3) is 11.3 Å². The van der Waals surface area contributed by atoms with Gasteiger partial charge in [-0.2, -0.15) is 4.72 Å². The fourth-order valence-corrected chi connectivity index (χ4v) is 4.93. The van der Waals surface area contributed by atoms with Gasteiger partial charge in [0.05, 0.1) is 16.7 Å². The second kappa shape index (κ2) is 9.00. The van der Waals surface area contributed by atoms with Crippen molar-refractivity contribution in [3.8, 4) is 11.3 Å². The maximum atomic E-state index is 13.0. The molecule has 1 aliphatic rings. The number of aromatic nitrogens is 1. The molecule has 156 valence electrons. The lowest BCUT2D eigenvalue weighted by molar-refractivity contribution is -0.134. The molecular weight excluding hydrogens is 392 g/mol. The van der Waals surface area contributed by atoms with Gasteiger partial charge in [-0.15, -0.1) is 0 Å². The Morgan fingerprint density at radius 3 is 2.62 bits per heavy atom. The first-order chi connectivity index (χ1) is 13.8. The Morgan fingerprint density at radius 1 is 1.28 bits per heavy atom. The second-order valence-electron chi connectivity index (χ2n) is 7.11. The molecule has 2 aromatic rings. The van der Waals surface area contributed by atoms with Crippen molar-refractivity contribution in [2.45, 2.75) is 36.8 Å². The monoisotopic (exact) mass is 418 g/mol. The second-order valence-corrected chi connectivity index (χ2v) is 8.79. The number of carbonyl (C=O) groups is 1. The lowest BCUT2D eigenvalue weighted by Gasteiger charge is -2.32. The molecule has 2 heterocycles. The average Bonchev–Trinajstić information content (AvgIpc) is 2.73. The number of aliphatic hydroxyl groups excluding tert-OH is 1. The standard InChI is InChI=1S/C20H26N4O4S/c1-14-16(17-6-2-3-10-22-17)5-4-7-19(14)29(27,28)23-18(13-21)20(26)24-11-8-15(25)9-12-24/h2-7,10,15,18,23,25H,8-9,11-13,21H2,1H3/t18-/m0/s1. The van der Waals surface area contributed by atoms with Gasteiger partial charge in [-0.1, -0.05) is 18.2 Å². The number of aliphatic hydroxyl groups is 1. The number of hydrogen-bond acceptors (Lipinski definition) is 6. The number of sulfonamides is 1. The van der Waals surface area contributed by atoms with Gasteiger partial charge in [-0.3, -0.25) is 9.78 Å². The van der Waals surface area contributed by atoms with Gasteiger partial charge in [0.1, 0.15) is 6.04 Å². The molecule has 9 heteroatoms. The van der Waals surface area contributed by atoms with Crippen LogP contribution in [-0.2, 0) is 14.8 Å². The number of nitrogens with zero attached hydrogens (tertiary/aromatic N) is 2. The summed E-state index contributed by atoms with van der Waals surface area (Å²) in [6.45, 7) is 2.32. The van der Waals surface area contributed by atoms with E-state index >= 15 is 0 Å². The van der Waals surface area contributed by atoms with E-state index in [1.54, 1.807) is 36.2 Å². The highest BCUT2D eigenvalue weighted by Crippen LogP contribution is 2.26. The summed E-state index contributed by atoms with van der Waals surface area (Å²) >= 11 is 0. The predicted octanol–water partition coefficient (Wildman–Crippen LogP) is 0.646. The number of carbonyl (C=O) groups excluding carboxylic acids is 1. The van der Waals surface area contributed by atoms with Crippen LogP contribution in [0, 0.1) is 6.92 Å². The molecular formula is C20H26N4O4S. The Balaban J connectivity index is 1.84. The largest absolute Gasteiger partial charge is 0.393 e. The summed E-state index contributed by atoms with van der Waals surface area (Å²) in [6.07, 6.45) is 2.17. The van der Waals surface area contributed by atoms with Gasteiger partial charge in [-0.25, -0.2) is 8.42 Å². The van der Waals surface area contributed by atoms with E-state index in [2.05, 4.69) is 9.71 Å². The fraction of sp³-hybridized carbons (Fsp3) is 0.400. The molecule has 1 atom stereocenters. The van der Waals surface area contributed by atoms with Gasteiger partial charge in [0.2, 0.25) is 15.9 Å². The molecule has 1 aliphatic heterocycles. The first kappa shape index (κ1) is 21.4. The molecule has 1 fully saturated rings. The van der Waals surface area contributed by atoms with Crippen LogP contribution in [-0.4, -0.2) is 61.1 Å². The minimum Gasteiger partial charge on any atom is -0.393 e. The number of nitrogens with two attached hydrogens (primary N) is 1. The Labute approximate surface area is 170 Å². The van der Waals surface area contributed by atoms with Gasteiger partial charge >= 0.3 is 0 Å². The third kappa shape index (κ3) is 4.81. The molecule has 8 nitrogen and oxygen atoms in total. The van der Waals surface area contributed by atoms with Crippen molar-refractivity contribution in [1.82, 2.24) is 14.6 Å². The molecule has 0 radical (unpaired) electrons. The van der Waals surface area contributed by atoms with Gasteiger partial charge in [0.15, 0.2) is 0 Å². The highest BCUT2D eigenvalue weighted by molar-refractivity contribution is 7.89. The maximum absolute atomic E-state index is 13.0. The third-order valence-corrected chi connectivity index (χ3v) is 6.74. The maximum Gasteiger partial charge on any atom is 0.242 e. The Morgan fingerprint density at radius 2 is 2.00 bits per heavy atom. The van der Waals surface area contributed by atoms with Crippen molar-refractivity contribution in [2.75, 3.05) is 19.6 Å². The molecule has 0 aliphatic carbocycles. The van der Waals surface area contributed by atoms with E-state index in [-0.39, 0.29) is 17.3 Å². The minimum absolute atomic E-state index is 0.0842. The van der Waals surface area contributed by atoms with Gasteiger partial charge in [0.25, 0.3) is 0 Å². The van der Waals surface area contributed by atoms with E-state index in [1.807, 2.05) is 12.1 Å². The van der Waals surface area contributed by atoms with E-state index < -0.39 is 22.2 Å². The quantitative estimate of drug-likeness (QED) is 0.632. The summed E-state index contributed by atoms with van der Waals surface area (Å²) in [5, 5.41) is 9.61. The smallest absolute Gasteiger partial charge is 0.242 e. The summed E-state index contributed by atoms with van der Waals surface area (Å²) in [7, 11) is -3.98. The van der Waals surface area contributed by atoms with Crippen LogP contribution in [0.5, 0.6) is 0 Å². The fourth-order valence-electron chi connectivity index (χ4n) is 3.46. The lowest BCUT2D eigenvalue weighted by Crippen LogP contribution is -2.54. The average molecular weight is 419 g/mol. The van der Waals surface area contributed by atoms with Crippen LogP contribution in [0.1, 0.15) is 18.4 Å². The predicted molar refractivity (Wildman–Crippen MR) is 109 cm³/mol. The number of likely N-dealkylation sites (tertiary alicyclic amines) is 1. The normalized spacial score (nSPS) is 16.6. The Bertz CT molecular complexity index is 958. The molecule has 1 aromatic carbocycles. The molecule has 0 unspecified atom stereocenters. The van der Waals surface area contributed by atoms with Crippen LogP contribution in [0.4, 0.5) is 0 Å².